The van der Waals surface area contributed by atoms with Crippen LogP contribution in [0.25, 0.3) is 0 Å². The third kappa shape index (κ3) is 3.18. The summed E-state index contributed by atoms with van der Waals surface area (Å²) in [4.78, 5) is 4.03. The van der Waals surface area contributed by atoms with Crippen LogP contribution in [0.4, 0.5) is 5.95 Å². The van der Waals surface area contributed by atoms with Gasteiger partial charge in [0.15, 0.2) is 6.23 Å². The fraction of sp³-hybridized carbons (Fsp3) is 0.667. The first kappa shape index (κ1) is 13.9. The van der Waals surface area contributed by atoms with Gasteiger partial charge in [0.1, 0.15) is 0 Å². The zero-order chi connectivity index (χ0) is 13.2. The maximum atomic E-state index is 11.3. The molecule has 1 rings (SSSR count). The number of aromatic nitrogens is 2. The number of aryl methyl sites for hydroxylation is 1. The zero-order valence-electron chi connectivity index (χ0n) is 10.3. The molecule has 0 aromatic carbocycles. The maximum absolute atomic E-state index is 11.3. The second kappa shape index (κ2) is 5.03. The maximum Gasteiger partial charge on any atom is 0.401 e. The smallest absolute Gasteiger partial charge is 0.369 e. The van der Waals surface area contributed by atoms with Gasteiger partial charge < -0.3 is 5.73 Å². The molecule has 0 spiro atoms. The van der Waals surface area contributed by atoms with E-state index in [1.807, 2.05) is 0 Å². The van der Waals surface area contributed by atoms with Crippen LogP contribution in [0.2, 0.25) is 0 Å². The molecular weight excluding hydrogens is 246 g/mol. The SMILES string of the molecule is CCOS(=O)(=O)OC(C)n1c(N)nc(C)c1C. The minimum Gasteiger partial charge on any atom is -0.369 e. The van der Waals surface area contributed by atoms with Crippen molar-refractivity contribution in [1.29, 1.82) is 0 Å². The first-order valence-corrected chi connectivity index (χ1v) is 6.50. The van der Waals surface area contributed by atoms with Crippen molar-refractivity contribution in [3.05, 3.63) is 11.4 Å². The van der Waals surface area contributed by atoms with Crippen LogP contribution in [0.5, 0.6) is 0 Å². The lowest BCUT2D eigenvalue weighted by Crippen LogP contribution is -2.19. The standard InChI is InChI=1S/C9H17N3O4S/c1-5-15-17(13,14)16-8(4)12-7(3)6(2)11-9(12)10/h8H,5H2,1-4H3,(H2,10,11). The van der Waals surface area contributed by atoms with E-state index in [0.29, 0.717) is 0 Å². The molecule has 0 aliphatic heterocycles. The van der Waals surface area contributed by atoms with E-state index in [1.165, 1.54) is 4.57 Å². The van der Waals surface area contributed by atoms with Crippen molar-refractivity contribution in [3.8, 4) is 0 Å². The summed E-state index contributed by atoms with van der Waals surface area (Å²) < 4.78 is 33.5. The van der Waals surface area contributed by atoms with Gasteiger partial charge in [-0.15, -0.1) is 0 Å². The first-order valence-electron chi connectivity index (χ1n) is 5.17. The van der Waals surface area contributed by atoms with Gasteiger partial charge in [0.25, 0.3) is 0 Å². The van der Waals surface area contributed by atoms with E-state index in [9.17, 15) is 8.42 Å². The molecule has 1 aromatic rings. The molecule has 0 aliphatic carbocycles. The van der Waals surface area contributed by atoms with E-state index in [4.69, 9.17) is 9.92 Å². The van der Waals surface area contributed by atoms with Crippen molar-refractivity contribution in [2.45, 2.75) is 33.9 Å². The topological polar surface area (TPSA) is 96.4 Å². The van der Waals surface area contributed by atoms with Crippen LogP contribution in [-0.4, -0.2) is 24.6 Å². The molecule has 8 heteroatoms. The number of anilines is 1. The quantitative estimate of drug-likeness (QED) is 0.847. The van der Waals surface area contributed by atoms with E-state index < -0.39 is 16.6 Å². The third-order valence-electron chi connectivity index (χ3n) is 2.30. The van der Waals surface area contributed by atoms with Crippen molar-refractivity contribution in [1.82, 2.24) is 9.55 Å². The normalized spacial score (nSPS) is 13.9. The lowest BCUT2D eigenvalue weighted by Gasteiger charge is -2.16. The van der Waals surface area contributed by atoms with Crippen LogP contribution < -0.4 is 5.73 Å². The number of hydrogen-bond acceptors (Lipinski definition) is 6. The van der Waals surface area contributed by atoms with Gasteiger partial charge in [-0.3, -0.25) is 4.57 Å². The summed E-state index contributed by atoms with van der Waals surface area (Å²) in [6.45, 7) is 6.71. The Morgan fingerprint density at radius 2 is 2.06 bits per heavy atom. The highest BCUT2D eigenvalue weighted by atomic mass is 32.3. The summed E-state index contributed by atoms with van der Waals surface area (Å²) in [7, 11) is -4.01. The first-order chi connectivity index (χ1) is 7.78. The summed E-state index contributed by atoms with van der Waals surface area (Å²) in [6, 6.07) is 0. The van der Waals surface area contributed by atoms with Crippen molar-refractivity contribution >= 4 is 16.3 Å². The predicted octanol–water partition coefficient (Wildman–Crippen LogP) is 0.899. The van der Waals surface area contributed by atoms with Gasteiger partial charge in [-0.25, -0.2) is 13.4 Å². The summed E-state index contributed by atoms with van der Waals surface area (Å²) >= 11 is 0. The van der Waals surface area contributed by atoms with Crippen LogP contribution in [0.15, 0.2) is 0 Å². The van der Waals surface area contributed by atoms with Gasteiger partial charge in [0.2, 0.25) is 5.95 Å². The minimum absolute atomic E-state index is 0.0203. The molecule has 1 atom stereocenters. The molecule has 17 heavy (non-hydrogen) atoms. The van der Waals surface area contributed by atoms with E-state index in [0.717, 1.165) is 11.4 Å². The molecule has 2 N–H and O–H groups in total. The van der Waals surface area contributed by atoms with Crippen molar-refractivity contribution in [2.75, 3.05) is 12.3 Å². The van der Waals surface area contributed by atoms with Gasteiger partial charge in [-0.1, -0.05) is 0 Å². The molecule has 0 bridgehead atoms. The van der Waals surface area contributed by atoms with Crippen LogP contribution in [0.3, 0.4) is 0 Å². The van der Waals surface area contributed by atoms with E-state index in [-0.39, 0.29) is 12.6 Å². The molecule has 0 radical (unpaired) electrons. The van der Waals surface area contributed by atoms with Crippen LogP contribution >= 0.6 is 0 Å². The Labute approximate surface area is 101 Å². The van der Waals surface area contributed by atoms with Gasteiger partial charge in [0, 0.05) is 5.69 Å². The second-order valence-electron chi connectivity index (χ2n) is 3.52. The highest BCUT2D eigenvalue weighted by Gasteiger charge is 2.21. The Bertz CT molecular complexity index is 495. The fourth-order valence-corrected chi connectivity index (χ4v) is 2.27. The molecular formula is C9H17N3O4S. The van der Waals surface area contributed by atoms with Crippen molar-refractivity contribution in [3.63, 3.8) is 0 Å². The molecule has 0 fully saturated rings. The van der Waals surface area contributed by atoms with Gasteiger partial charge in [0.05, 0.1) is 12.3 Å². The summed E-state index contributed by atoms with van der Waals surface area (Å²) in [6.07, 6.45) is -0.798. The van der Waals surface area contributed by atoms with Crippen molar-refractivity contribution in [2.24, 2.45) is 0 Å². The number of hydrogen-bond donors (Lipinski definition) is 1. The highest BCUT2D eigenvalue weighted by molar-refractivity contribution is 7.81. The van der Waals surface area contributed by atoms with Crippen LogP contribution in [0, 0.1) is 13.8 Å². The Morgan fingerprint density at radius 3 is 2.47 bits per heavy atom. The average molecular weight is 263 g/mol. The van der Waals surface area contributed by atoms with E-state index in [2.05, 4.69) is 9.17 Å². The van der Waals surface area contributed by atoms with Crippen molar-refractivity contribution < 1.29 is 16.8 Å². The van der Waals surface area contributed by atoms with Crippen LogP contribution in [-0.2, 0) is 18.8 Å². The largest absolute Gasteiger partial charge is 0.401 e. The van der Waals surface area contributed by atoms with E-state index in [1.54, 1.807) is 27.7 Å². The number of nitrogens with zero attached hydrogens (tertiary/aromatic N) is 2. The summed E-state index contributed by atoms with van der Waals surface area (Å²) in [5, 5.41) is 0. The fourth-order valence-electron chi connectivity index (χ4n) is 1.50. The molecule has 1 heterocycles. The molecule has 0 saturated heterocycles. The Morgan fingerprint density at radius 1 is 1.47 bits per heavy atom. The lowest BCUT2D eigenvalue weighted by atomic mass is 10.4. The average Bonchev–Trinajstić information content (AvgIpc) is 2.39. The lowest BCUT2D eigenvalue weighted by molar-refractivity contribution is 0.123. The van der Waals surface area contributed by atoms with Crippen LogP contribution in [0.1, 0.15) is 31.5 Å². The Kier molecular flexibility index (Phi) is 4.12. The molecule has 0 aliphatic rings. The van der Waals surface area contributed by atoms with Gasteiger partial charge in [-0.2, -0.15) is 8.42 Å². The molecule has 98 valence electrons. The number of imidazole rings is 1. The second-order valence-corrected chi connectivity index (χ2v) is 4.77. The number of nitrogen functional groups attached to an aromatic ring is 1. The van der Waals surface area contributed by atoms with Gasteiger partial charge >= 0.3 is 10.4 Å². The molecule has 7 nitrogen and oxygen atoms in total. The Balaban J connectivity index is 2.94. The van der Waals surface area contributed by atoms with Gasteiger partial charge in [-0.05, 0) is 27.7 Å². The molecule has 1 unspecified atom stereocenters. The molecule has 1 aromatic heterocycles. The zero-order valence-corrected chi connectivity index (χ0v) is 11.1. The highest BCUT2D eigenvalue weighted by Crippen LogP contribution is 2.21. The molecule has 0 saturated carbocycles. The Hall–Kier alpha value is -1.12. The van der Waals surface area contributed by atoms with E-state index >= 15 is 0 Å². The molecule has 0 amide bonds. The summed E-state index contributed by atoms with van der Waals surface area (Å²) in [5.41, 5.74) is 7.15. The minimum atomic E-state index is -4.01. The third-order valence-corrected chi connectivity index (χ3v) is 3.34. The summed E-state index contributed by atoms with van der Waals surface area (Å²) in [5.74, 6) is 0.208. The monoisotopic (exact) mass is 263 g/mol. The number of nitrogens with two attached hydrogens (primary N) is 1. The predicted molar refractivity (Wildman–Crippen MR) is 62.5 cm³/mol. The number of rotatable bonds is 5.